The first-order valence-electron chi connectivity index (χ1n) is 11.1. The molecule has 0 saturated carbocycles. The van der Waals surface area contributed by atoms with E-state index in [0.29, 0.717) is 5.56 Å². The van der Waals surface area contributed by atoms with Crippen molar-refractivity contribution in [1.29, 1.82) is 0 Å². The van der Waals surface area contributed by atoms with Gasteiger partial charge < -0.3 is 15.5 Å². The molecule has 33 heavy (non-hydrogen) atoms. The van der Waals surface area contributed by atoms with Gasteiger partial charge in [-0.3, -0.25) is 4.79 Å². The highest BCUT2D eigenvalue weighted by Crippen LogP contribution is 2.39. The molecule has 1 amide bonds. The number of benzene rings is 4. The third-order valence-electron chi connectivity index (χ3n) is 5.77. The van der Waals surface area contributed by atoms with Gasteiger partial charge in [0.2, 0.25) is 0 Å². The Balaban J connectivity index is 1.43. The van der Waals surface area contributed by atoms with Crippen LogP contribution in [0.5, 0.6) is 0 Å². The molecule has 4 heteroatoms. The van der Waals surface area contributed by atoms with Crippen LogP contribution >= 0.6 is 0 Å². The molecular weight excluding hydrogens is 406 g/mol. The van der Waals surface area contributed by atoms with Crippen molar-refractivity contribution in [2.24, 2.45) is 0 Å². The maximum absolute atomic E-state index is 12.9. The predicted molar refractivity (Wildman–Crippen MR) is 139 cm³/mol. The predicted octanol–water partition coefficient (Wildman–Crippen LogP) is 7.20. The SMILES string of the molecule is CC=Cc1ccccc1C(=O)Nc1ccc(N2C=CCNc3c2ccc2ccccc32)cc1. The average Bonchev–Trinajstić information content (AvgIpc) is 3.08. The number of nitrogens with zero attached hydrogens (tertiary/aromatic N) is 1. The zero-order valence-electron chi connectivity index (χ0n) is 18.5. The molecule has 0 fully saturated rings. The van der Waals surface area contributed by atoms with Crippen LogP contribution in [0.2, 0.25) is 0 Å². The molecule has 2 N–H and O–H groups in total. The van der Waals surface area contributed by atoms with E-state index < -0.39 is 0 Å². The van der Waals surface area contributed by atoms with Gasteiger partial charge in [0.15, 0.2) is 0 Å². The van der Waals surface area contributed by atoms with Crippen molar-refractivity contribution >= 4 is 45.5 Å². The number of fused-ring (bicyclic) bond motifs is 3. The van der Waals surface area contributed by atoms with Crippen molar-refractivity contribution < 1.29 is 4.79 Å². The minimum absolute atomic E-state index is 0.118. The number of amides is 1. The van der Waals surface area contributed by atoms with Crippen molar-refractivity contribution in [3.8, 4) is 0 Å². The molecule has 0 bridgehead atoms. The van der Waals surface area contributed by atoms with Crippen LogP contribution in [0.4, 0.5) is 22.7 Å². The van der Waals surface area contributed by atoms with Crippen LogP contribution in [0.1, 0.15) is 22.8 Å². The molecule has 0 aliphatic carbocycles. The quantitative estimate of drug-likeness (QED) is 0.359. The summed E-state index contributed by atoms with van der Waals surface area (Å²) in [5, 5.41) is 8.98. The number of rotatable bonds is 4. The second-order valence-electron chi connectivity index (χ2n) is 7.90. The normalized spacial score (nSPS) is 12.9. The molecule has 0 unspecified atom stereocenters. The summed E-state index contributed by atoms with van der Waals surface area (Å²) in [6, 6.07) is 28.3. The minimum Gasteiger partial charge on any atom is -0.379 e. The minimum atomic E-state index is -0.118. The van der Waals surface area contributed by atoms with E-state index in [-0.39, 0.29) is 5.91 Å². The summed E-state index contributed by atoms with van der Waals surface area (Å²) in [4.78, 5) is 15.0. The fraction of sp³-hybridized carbons (Fsp3) is 0.0690. The van der Waals surface area contributed by atoms with Gasteiger partial charge >= 0.3 is 0 Å². The summed E-state index contributed by atoms with van der Waals surface area (Å²) < 4.78 is 0. The maximum atomic E-state index is 12.9. The number of carbonyl (C=O) groups is 1. The third kappa shape index (κ3) is 4.11. The Morgan fingerprint density at radius 2 is 1.73 bits per heavy atom. The third-order valence-corrected chi connectivity index (χ3v) is 5.77. The first-order chi connectivity index (χ1) is 16.2. The summed E-state index contributed by atoms with van der Waals surface area (Å²) in [5.41, 5.74) is 5.56. The van der Waals surface area contributed by atoms with Gasteiger partial charge in [-0.15, -0.1) is 0 Å². The molecule has 0 radical (unpaired) electrons. The molecule has 162 valence electrons. The Labute approximate surface area is 193 Å². The largest absolute Gasteiger partial charge is 0.379 e. The first kappa shape index (κ1) is 20.6. The highest BCUT2D eigenvalue weighted by molar-refractivity contribution is 6.07. The molecule has 4 nitrogen and oxygen atoms in total. The maximum Gasteiger partial charge on any atom is 0.256 e. The average molecular weight is 432 g/mol. The molecule has 1 aliphatic heterocycles. The number of carbonyl (C=O) groups excluding carboxylic acids is 1. The lowest BCUT2D eigenvalue weighted by Gasteiger charge is -2.23. The van der Waals surface area contributed by atoms with Crippen molar-refractivity contribution in [2.45, 2.75) is 6.92 Å². The van der Waals surface area contributed by atoms with Crippen LogP contribution < -0.4 is 15.5 Å². The number of anilines is 4. The van der Waals surface area contributed by atoms with E-state index in [0.717, 1.165) is 34.9 Å². The zero-order valence-corrected chi connectivity index (χ0v) is 18.5. The van der Waals surface area contributed by atoms with Gasteiger partial charge in [-0.25, -0.2) is 0 Å². The Morgan fingerprint density at radius 1 is 0.939 bits per heavy atom. The smallest absolute Gasteiger partial charge is 0.256 e. The van der Waals surface area contributed by atoms with Gasteiger partial charge in [-0.05, 0) is 60.3 Å². The van der Waals surface area contributed by atoms with Crippen molar-refractivity contribution in [3.63, 3.8) is 0 Å². The summed E-state index contributed by atoms with van der Waals surface area (Å²) in [5.74, 6) is -0.118. The van der Waals surface area contributed by atoms with E-state index in [1.807, 2.05) is 67.6 Å². The second-order valence-corrected chi connectivity index (χ2v) is 7.90. The number of nitrogens with one attached hydrogen (secondary N) is 2. The molecular formula is C29H25N3O. The van der Waals surface area contributed by atoms with Crippen molar-refractivity contribution in [1.82, 2.24) is 0 Å². The molecule has 5 rings (SSSR count). The highest BCUT2D eigenvalue weighted by Gasteiger charge is 2.16. The lowest BCUT2D eigenvalue weighted by Crippen LogP contribution is -2.13. The van der Waals surface area contributed by atoms with E-state index in [4.69, 9.17) is 0 Å². The highest BCUT2D eigenvalue weighted by atomic mass is 16.1. The number of hydrogen-bond donors (Lipinski definition) is 2. The molecule has 4 aromatic carbocycles. The Morgan fingerprint density at radius 3 is 2.58 bits per heavy atom. The number of allylic oxidation sites excluding steroid dienone is 1. The van der Waals surface area contributed by atoms with E-state index in [1.54, 1.807) is 0 Å². The molecule has 0 saturated heterocycles. The lowest BCUT2D eigenvalue weighted by molar-refractivity contribution is 0.102. The summed E-state index contributed by atoms with van der Waals surface area (Å²) in [6.07, 6.45) is 8.08. The van der Waals surface area contributed by atoms with Crippen LogP contribution in [0.3, 0.4) is 0 Å². The lowest BCUT2D eigenvalue weighted by atomic mass is 10.1. The van der Waals surface area contributed by atoms with Crippen LogP contribution in [-0.2, 0) is 0 Å². The summed E-state index contributed by atoms with van der Waals surface area (Å²) in [7, 11) is 0. The van der Waals surface area contributed by atoms with Crippen LogP contribution in [-0.4, -0.2) is 12.5 Å². The Bertz CT molecular complexity index is 1370. The fourth-order valence-corrected chi connectivity index (χ4v) is 4.20. The van der Waals surface area contributed by atoms with E-state index >= 15 is 0 Å². The van der Waals surface area contributed by atoms with Crippen molar-refractivity contribution in [3.05, 3.63) is 114 Å². The first-order valence-corrected chi connectivity index (χ1v) is 11.1. The van der Waals surface area contributed by atoms with Crippen LogP contribution in [0.15, 0.2) is 103 Å². The molecule has 0 aromatic heterocycles. The molecule has 0 spiro atoms. The van der Waals surface area contributed by atoms with Crippen molar-refractivity contribution in [2.75, 3.05) is 22.1 Å². The van der Waals surface area contributed by atoms with Gasteiger partial charge in [0, 0.05) is 35.1 Å². The second kappa shape index (κ2) is 9.05. The molecule has 1 aliphatic rings. The van der Waals surface area contributed by atoms with Gasteiger partial charge in [0.1, 0.15) is 0 Å². The molecule has 4 aromatic rings. The Hall–Kier alpha value is -4.31. The van der Waals surface area contributed by atoms with Crippen LogP contribution in [0.25, 0.3) is 16.8 Å². The monoisotopic (exact) mass is 431 g/mol. The summed E-state index contributed by atoms with van der Waals surface area (Å²) in [6.45, 7) is 2.71. The topological polar surface area (TPSA) is 44.4 Å². The van der Waals surface area contributed by atoms with E-state index in [2.05, 4.69) is 64.2 Å². The standard InChI is InChI=1S/C29H25N3O/c1-2-8-21-9-4-6-12-26(21)29(33)31-23-14-16-24(17-15-23)32-20-7-19-30-28-25-11-5-3-10-22(25)13-18-27(28)32/h2-18,20,30H,19H2,1H3,(H,31,33). The van der Waals surface area contributed by atoms with Gasteiger partial charge in [-0.1, -0.05) is 60.7 Å². The van der Waals surface area contributed by atoms with Crippen LogP contribution in [0, 0.1) is 0 Å². The van der Waals surface area contributed by atoms with Gasteiger partial charge in [0.05, 0.1) is 11.4 Å². The zero-order chi connectivity index (χ0) is 22.6. The van der Waals surface area contributed by atoms with Gasteiger partial charge in [0.25, 0.3) is 5.91 Å². The summed E-state index contributed by atoms with van der Waals surface area (Å²) >= 11 is 0. The Kier molecular flexibility index (Phi) is 5.64. The van der Waals surface area contributed by atoms with E-state index in [9.17, 15) is 4.79 Å². The molecule has 1 heterocycles. The van der Waals surface area contributed by atoms with Gasteiger partial charge in [-0.2, -0.15) is 0 Å². The number of hydrogen-bond acceptors (Lipinski definition) is 3. The fourth-order valence-electron chi connectivity index (χ4n) is 4.20. The molecule has 0 atom stereocenters. The van der Waals surface area contributed by atoms with E-state index in [1.165, 1.54) is 10.8 Å².